The number of phenols is 1. The highest BCUT2D eigenvalue weighted by atomic mass is 35.5. The number of halogens is 2. The summed E-state index contributed by atoms with van der Waals surface area (Å²) >= 11 is 11.6. The standard InChI is InChI=1S/C13H10Cl2N2O3/c14-8-4-9(15)12(18)10(5-8)17-6-7-2-1-3-16-11(7)13(19)20/h1-5,17-18H,6H2,(H,19,20). The average Bonchev–Trinajstić information content (AvgIpc) is 2.41. The van der Waals surface area contributed by atoms with Crippen LogP contribution in [0.5, 0.6) is 5.75 Å². The molecule has 3 N–H and O–H groups in total. The molecule has 20 heavy (non-hydrogen) atoms. The molecule has 0 aliphatic rings. The Morgan fingerprint density at radius 2 is 2.10 bits per heavy atom. The lowest BCUT2D eigenvalue weighted by atomic mass is 10.2. The quantitative estimate of drug-likeness (QED) is 0.754. The molecular formula is C13H10Cl2N2O3. The molecule has 2 aromatic rings. The number of phenolic OH excluding ortho intramolecular Hbond substituents is 1. The molecule has 0 aliphatic heterocycles. The average molecular weight is 313 g/mol. The number of benzene rings is 1. The highest BCUT2D eigenvalue weighted by molar-refractivity contribution is 6.36. The summed E-state index contributed by atoms with van der Waals surface area (Å²) in [5.41, 5.74) is 0.755. The Hall–Kier alpha value is -1.98. The Morgan fingerprint density at radius 1 is 1.35 bits per heavy atom. The molecule has 104 valence electrons. The third kappa shape index (κ3) is 3.12. The molecule has 0 amide bonds. The maximum atomic E-state index is 11.0. The highest BCUT2D eigenvalue weighted by Crippen LogP contribution is 2.35. The molecule has 0 fully saturated rings. The van der Waals surface area contributed by atoms with Crippen LogP contribution < -0.4 is 5.32 Å². The number of hydrogen-bond acceptors (Lipinski definition) is 4. The Bertz CT molecular complexity index is 662. The number of carboxylic acid groups (broad SMARTS) is 1. The Labute approximate surface area is 124 Å². The van der Waals surface area contributed by atoms with Gasteiger partial charge in [0.05, 0.1) is 10.7 Å². The van der Waals surface area contributed by atoms with E-state index in [4.69, 9.17) is 28.3 Å². The van der Waals surface area contributed by atoms with Crippen molar-refractivity contribution in [2.24, 2.45) is 0 Å². The molecule has 5 nitrogen and oxygen atoms in total. The van der Waals surface area contributed by atoms with Gasteiger partial charge in [0.25, 0.3) is 0 Å². The molecule has 0 bridgehead atoms. The van der Waals surface area contributed by atoms with Crippen molar-refractivity contribution in [3.05, 3.63) is 51.8 Å². The van der Waals surface area contributed by atoms with Gasteiger partial charge in [0.2, 0.25) is 0 Å². The van der Waals surface area contributed by atoms with E-state index in [1.165, 1.54) is 18.3 Å². The lowest BCUT2D eigenvalue weighted by molar-refractivity contribution is 0.0689. The van der Waals surface area contributed by atoms with Crippen molar-refractivity contribution in [3.63, 3.8) is 0 Å². The number of pyridine rings is 1. The first kappa shape index (κ1) is 14.4. The normalized spacial score (nSPS) is 10.3. The number of carbonyl (C=O) groups is 1. The zero-order valence-corrected chi connectivity index (χ0v) is 11.6. The third-order valence-electron chi connectivity index (χ3n) is 2.59. The van der Waals surface area contributed by atoms with Gasteiger partial charge in [-0.2, -0.15) is 0 Å². The van der Waals surface area contributed by atoms with Gasteiger partial charge < -0.3 is 15.5 Å². The van der Waals surface area contributed by atoms with E-state index in [0.717, 1.165) is 0 Å². The Balaban J connectivity index is 2.24. The first-order valence-electron chi connectivity index (χ1n) is 5.58. The maximum Gasteiger partial charge on any atom is 0.354 e. The Kier molecular flexibility index (Phi) is 4.32. The SMILES string of the molecule is O=C(O)c1ncccc1CNc1cc(Cl)cc(Cl)c1O. The van der Waals surface area contributed by atoms with Crippen LogP contribution in [0.2, 0.25) is 10.0 Å². The summed E-state index contributed by atoms with van der Waals surface area (Å²) in [5, 5.41) is 22.2. The first-order valence-corrected chi connectivity index (χ1v) is 6.33. The number of aromatic hydroxyl groups is 1. The summed E-state index contributed by atoms with van der Waals surface area (Å²) in [4.78, 5) is 14.8. The highest BCUT2D eigenvalue weighted by Gasteiger charge is 2.12. The molecule has 0 saturated heterocycles. The Morgan fingerprint density at radius 3 is 2.80 bits per heavy atom. The van der Waals surface area contributed by atoms with Crippen molar-refractivity contribution >= 4 is 34.9 Å². The number of nitrogens with one attached hydrogen (secondary N) is 1. The fraction of sp³-hybridized carbons (Fsp3) is 0.0769. The number of aromatic nitrogens is 1. The van der Waals surface area contributed by atoms with Crippen LogP contribution in [-0.4, -0.2) is 21.2 Å². The molecule has 1 heterocycles. The summed E-state index contributed by atoms with van der Waals surface area (Å²) in [7, 11) is 0. The lowest BCUT2D eigenvalue weighted by Crippen LogP contribution is -2.09. The smallest absolute Gasteiger partial charge is 0.354 e. The molecule has 1 aromatic carbocycles. The van der Waals surface area contributed by atoms with Crippen LogP contribution in [0.4, 0.5) is 5.69 Å². The van der Waals surface area contributed by atoms with Gasteiger partial charge in [0.15, 0.2) is 11.4 Å². The van der Waals surface area contributed by atoms with E-state index in [2.05, 4.69) is 10.3 Å². The molecule has 0 radical (unpaired) electrons. The van der Waals surface area contributed by atoms with E-state index in [0.29, 0.717) is 16.3 Å². The fourth-order valence-corrected chi connectivity index (χ4v) is 2.16. The van der Waals surface area contributed by atoms with Crippen molar-refractivity contribution in [1.29, 1.82) is 0 Å². The largest absolute Gasteiger partial charge is 0.504 e. The second-order valence-electron chi connectivity index (χ2n) is 3.95. The predicted molar refractivity (Wildman–Crippen MR) is 76.6 cm³/mol. The molecule has 0 atom stereocenters. The number of hydrogen-bond donors (Lipinski definition) is 3. The summed E-state index contributed by atoms with van der Waals surface area (Å²) in [6.45, 7) is 0.166. The van der Waals surface area contributed by atoms with Crippen LogP contribution in [-0.2, 0) is 6.54 Å². The number of aromatic carboxylic acids is 1. The zero-order chi connectivity index (χ0) is 14.7. The van der Waals surface area contributed by atoms with Gasteiger partial charge in [-0.05, 0) is 18.2 Å². The van der Waals surface area contributed by atoms with E-state index in [1.807, 2.05) is 0 Å². The van der Waals surface area contributed by atoms with Crippen molar-refractivity contribution in [2.75, 3.05) is 5.32 Å². The molecule has 0 saturated carbocycles. The molecule has 7 heteroatoms. The first-order chi connectivity index (χ1) is 9.49. The van der Waals surface area contributed by atoms with Crippen molar-refractivity contribution in [2.45, 2.75) is 6.54 Å². The fourth-order valence-electron chi connectivity index (χ4n) is 1.67. The molecular weight excluding hydrogens is 303 g/mol. The van der Waals surface area contributed by atoms with Crippen molar-refractivity contribution in [1.82, 2.24) is 4.98 Å². The van der Waals surface area contributed by atoms with Gasteiger partial charge in [0, 0.05) is 23.3 Å². The van der Waals surface area contributed by atoms with Gasteiger partial charge in [-0.15, -0.1) is 0 Å². The van der Waals surface area contributed by atoms with Crippen LogP contribution in [0.15, 0.2) is 30.5 Å². The molecule has 0 unspecified atom stereocenters. The maximum absolute atomic E-state index is 11.0. The van der Waals surface area contributed by atoms with Crippen LogP contribution >= 0.6 is 23.2 Å². The van der Waals surface area contributed by atoms with Gasteiger partial charge in [-0.3, -0.25) is 0 Å². The number of nitrogens with zero attached hydrogens (tertiary/aromatic N) is 1. The number of rotatable bonds is 4. The summed E-state index contributed by atoms with van der Waals surface area (Å²) < 4.78 is 0. The van der Waals surface area contributed by atoms with Gasteiger partial charge in [-0.25, -0.2) is 9.78 Å². The topological polar surface area (TPSA) is 82.5 Å². The second kappa shape index (κ2) is 5.98. The minimum absolute atomic E-state index is 0.0485. The lowest BCUT2D eigenvalue weighted by Gasteiger charge is -2.11. The monoisotopic (exact) mass is 312 g/mol. The van der Waals surface area contributed by atoms with Crippen LogP contribution in [0.1, 0.15) is 16.1 Å². The molecule has 0 spiro atoms. The van der Waals surface area contributed by atoms with Gasteiger partial charge >= 0.3 is 5.97 Å². The second-order valence-corrected chi connectivity index (χ2v) is 4.80. The minimum Gasteiger partial charge on any atom is -0.504 e. The van der Waals surface area contributed by atoms with Crippen LogP contribution in [0, 0.1) is 0 Å². The van der Waals surface area contributed by atoms with E-state index in [9.17, 15) is 9.90 Å². The van der Waals surface area contributed by atoms with Crippen molar-refractivity contribution < 1.29 is 15.0 Å². The predicted octanol–water partition coefficient (Wildman–Crippen LogP) is 3.40. The molecule has 1 aromatic heterocycles. The van der Waals surface area contributed by atoms with E-state index >= 15 is 0 Å². The zero-order valence-electron chi connectivity index (χ0n) is 10.1. The van der Waals surface area contributed by atoms with Gasteiger partial charge in [0.1, 0.15) is 0 Å². The summed E-state index contributed by atoms with van der Waals surface area (Å²) in [6, 6.07) is 6.18. The molecule has 2 rings (SSSR count). The van der Waals surface area contributed by atoms with E-state index in [1.54, 1.807) is 12.1 Å². The number of anilines is 1. The summed E-state index contributed by atoms with van der Waals surface area (Å²) in [5.74, 6) is -1.26. The molecule has 0 aliphatic carbocycles. The third-order valence-corrected chi connectivity index (χ3v) is 3.10. The van der Waals surface area contributed by atoms with Crippen molar-refractivity contribution in [3.8, 4) is 5.75 Å². The number of carboxylic acids is 1. The van der Waals surface area contributed by atoms with E-state index in [-0.39, 0.29) is 23.0 Å². The van der Waals surface area contributed by atoms with Crippen LogP contribution in [0.25, 0.3) is 0 Å². The summed E-state index contributed by atoms with van der Waals surface area (Å²) in [6.07, 6.45) is 1.40. The van der Waals surface area contributed by atoms with Gasteiger partial charge in [-0.1, -0.05) is 29.3 Å². The van der Waals surface area contributed by atoms with E-state index < -0.39 is 5.97 Å². The van der Waals surface area contributed by atoms with Crippen LogP contribution in [0.3, 0.4) is 0 Å². The minimum atomic E-state index is -1.12.